The molecular weight excluding hydrogens is 226 g/mol. The van der Waals surface area contributed by atoms with E-state index in [-0.39, 0.29) is 5.54 Å². The molecule has 0 aromatic heterocycles. The van der Waals surface area contributed by atoms with E-state index in [4.69, 9.17) is 10.00 Å². The van der Waals surface area contributed by atoms with E-state index in [1.807, 2.05) is 0 Å². The molecule has 0 radical (unpaired) electrons. The highest BCUT2D eigenvalue weighted by molar-refractivity contribution is 4.95. The molecule has 2 aliphatic heterocycles. The van der Waals surface area contributed by atoms with E-state index in [1.54, 1.807) is 0 Å². The first kappa shape index (κ1) is 13.8. The number of morpholine rings is 1. The van der Waals surface area contributed by atoms with Crippen molar-refractivity contribution in [2.45, 2.75) is 32.2 Å². The molecule has 18 heavy (non-hydrogen) atoms. The summed E-state index contributed by atoms with van der Waals surface area (Å²) < 4.78 is 5.37. The second kappa shape index (κ2) is 6.01. The van der Waals surface area contributed by atoms with Crippen molar-refractivity contribution in [2.75, 3.05) is 45.9 Å². The monoisotopic (exact) mass is 251 g/mol. The van der Waals surface area contributed by atoms with Crippen LogP contribution in [0.25, 0.3) is 0 Å². The Labute approximate surface area is 110 Å². The van der Waals surface area contributed by atoms with Crippen LogP contribution in [0, 0.1) is 17.2 Å². The van der Waals surface area contributed by atoms with Gasteiger partial charge in [-0.15, -0.1) is 0 Å². The van der Waals surface area contributed by atoms with Gasteiger partial charge in [0.25, 0.3) is 0 Å². The van der Waals surface area contributed by atoms with Crippen LogP contribution < -0.4 is 0 Å². The summed E-state index contributed by atoms with van der Waals surface area (Å²) in [7, 11) is 0. The van der Waals surface area contributed by atoms with Crippen molar-refractivity contribution in [1.82, 2.24) is 9.80 Å². The maximum Gasteiger partial charge on any atom is 0.0625 e. The fourth-order valence-electron chi connectivity index (χ4n) is 3.21. The molecule has 1 atom stereocenters. The van der Waals surface area contributed by atoms with Crippen LogP contribution in [0.2, 0.25) is 0 Å². The van der Waals surface area contributed by atoms with E-state index in [9.17, 15) is 0 Å². The number of nitrogens with zero attached hydrogens (tertiary/aromatic N) is 3. The van der Waals surface area contributed by atoms with Crippen molar-refractivity contribution in [3.05, 3.63) is 0 Å². The lowest BCUT2D eigenvalue weighted by Gasteiger charge is -2.34. The summed E-state index contributed by atoms with van der Waals surface area (Å²) >= 11 is 0. The van der Waals surface area contributed by atoms with Gasteiger partial charge in [-0.3, -0.25) is 9.80 Å². The Bertz CT molecular complexity index is 305. The molecule has 4 nitrogen and oxygen atoms in total. The Balaban J connectivity index is 1.79. The molecule has 1 unspecified atom stereocenters. The molecule has 0 aromatic rings. The van der Waals surface area contributed by atoms with Crippen LogP contribution in [-0.2, 0) is 4.74 Å². The molecule has 0 bridgehead atoms. The van der Waals surface area contributed by atoms with Gasteiger partial charge in [-0.2, -0.15) is 5.26 Å². The number of ether oxygens (including phenoxy) is 1. The van der Waals surface area contributed by atoms with Gasteiger partial charge in [0, 0.05) is 44.7 Å². The molecule has 0 spiro atoms. The summed E-state index contributed by atoms with van der Waals surface area (Å²) in [6.45, 7) is 11.8. The van der Waals surface area contributed by atoms with Gasteiger partial charge in [0.1, 0.15) is 0 Å². The molecule has 102 valence electrons. The minimum absolute atomic E-state index is 0.258. The smallest absolute Gasteiger partial charge is 0.0625 e. The highest BCUT2D eigenvalue weighted by Crippen LogP contribution is 2.33. The van der Waals surface area contributed by atoms with Gasteiger partial charge in [-0.25, -0.2) is 0 Å². The predicted molar refractivity (Wildman–Crippen MR) is 71.2 cm³/mol. The molecule has 0 saturated carbocycles. The highest BCUT2D eigenvalue weighted by Gasteiger charge is 2.37. The highest BCUT2D eigenvalue weighted by atomic mass is 16.5. The number of nitriles is 1. The van der Waals surface area contributed by atoms with Gasteiger partial charge >= 0.3 is 0 Å². The summed E-state index contributed by atoms with van der Waals surface area (Å²) in [5.41, 5.74) is 0.258. The first-order valence-corrected chi connectivity index (χ1v) is 7.04. The third kappa shape index (κ3) is 3.44. The Morgan fingerprint density at radius 2 is 2.00 bits per heavy atom. The zero-order valence-electron chi connectivity index (χ0n) is 11.7. The van der Waals surface area contributed by atoms with Crippen molar-refractivity contribution in [3.8, 4) is 6.07 Å². The van der Waals surface area contributed by atoms with Crippen molar-refractivity contribution in [2.24, 2.45) is 5.92 Å². The lowest BCUT2D eigenvalue weighted by atomic mass is 9.95. The Hall–Kier alpha value is -0.630. The molecular formula is C14H25N3O. The number of likely N-dealkylation sites (tertiary alicyclic amines) is 1. The SMILES string of the molecule is CC1(C)CC(CC#N)CN1CCN1CCOCC1. The number of hydrogen-bond donors (Lipinski definition) is 0. The average molecular weight is 251 g/mol. The maximum atomic E-state index is 8.83. The maximum absolute atomic E-state index is 8.83. The number of rotatable bonds is 4. The molecule has 0 amide bonds. The number of hydrogen-bond acceptors (Lipinski definition) is 4. The summed E-state index contributed by atoms with van der Waals surface area (Å²) in [6.07, 6.45) is 1.86. The molecule has 2 saturated heterocycles. The molecule has 0 aliphatic carbocycles. The third-order valence-electron chi connectivity index (χ3n) is 4.29. The summed E-state index contributed by atoms with van der Waals surface area (Å²) in [6, 6.07) is 2.32. The summed E-state index contributed by atoms with van der Waals surface area (Å²) in [5, 5.41) is 8.83. The topological polar surface area (TPSA) is 39.5 Å². The lowest BCUT2D eigenvalue weighted by Crippen LogP contribution is -2.45. The van der Waals surface area contributed by atoms with Crippen LogP contribution >= 0.6 is 0 Å². The first-order valence-electron chi connectivity index (χ1n) is 7.04. The molecule has 0 aromatic carbocycles. The van der Waals surface area contributed by atoms with E-state index < -0.39 is 0 Å². The Morgan fingerprint density at radius 3 is 2.67 bits per heavy atom. The van der Waals surface area contributed by atoms with Crippen molar-refractivity contribution in [1.29, 1.82) is 5.26 Å². The first-order chi connectivity index (χ1) is 8.62. The van der Waals surface area contributed by atoms with Crippen LogP contribution in [0.4, 0.5) is 0 Å². The third-order valence-corrected chi connectivity index (χ3v) is 4.29. The molecule has 4 heteroatoms. The standard InChI is InChI=1S/C14H25N3O/c1-14(2)11-13(3-4-15)12-17(14)6-5-16-7-9-18-10-8-16/h13H,3,5-12H2,1-2H3. The van der Waals surface area contributed by atoms with E-state index in [2.05, 4.69) is 29.7 Å². The zero-order chi connectivity index (χ0) is 13.0. The molecule has 2 fully saturated rings. The van der Waals surface area contributed by atoms with E-state index in [1.165, 1.54) is 0 Å². The van der Waals surface area contributed by atoms with Gasteiger partial charge in [-0.1, -0.05) is 0 Å². The minimum atomic E-state index is 0.258. The fourth-order valence-corrected chi connectivity index (χ4v) is 3.21. The van der Waals surface area contributed by atoms with E-state index >= 15 is 0 Å². The minimum Gasteiger partial charge on any atom is -0.379 e. The van der Waals surface area contributed by atoms with Crippen LogP contribution in [0.1, 0.15) is 26.7 Å². The summed E-state index contributed by atoms with van der Waals surface area (Å²) in [4.78, 5) is 5.04. The quantitative estimate of drug-likeness (QED) is 0.756. The van der Waals surface area contributed by atoms with Crippen LogP contribution in [0.5, 0.6) is 0 Å². The second-order valence-electron chi connectivity index (χ2n) is 6.14. The second-order valence-corrected chi connectivity index (χ2v) is 6.14. The predicted octanol–water partition coefficient (Wildman–Crippen LogP) is 1.33. The van der Waals surface area contributed by atoms with Crippen LogP contribution in [0.15, 0.2) is 0 Å². The summed E-state index contributed by atoms with van der Waals surface area (Å²) in [5.74, 6) is 0.565. The normalized spacial score (nSPS) is 29.3. The van der Waals surface area contributed by atoms with Gasteiger partial charge < -0.3 is 4.74 Å². The van der Waals surface area contributed by atoms with Gasteiger partial charge in [-0.05, 0) is 26.2 Å². The van der Waals surface area contributed by atoms with E-state index in [0.717, 1.165) is 52.4 Å². The molecule has 0 N–H and O–H groups in total. The van der Waals surface area contributed by atoms with Gasteiger partial charge in [0.05, 0.1) is 19.3 Å². The van der Waals surface area contributed by atoms with Gasteiger partial charge in [0.2, 0.25) is 0 Å². The van der Waals surface area contributed by atoms with E-state index in [0.29, 0.717) is 12.3 Å². The zero-order valence-corrected chi connectivity index (χ0v) is 11.7. The largest absolute Gasteiger partial charge is 0.379 e. The Morgan fingerprint density at radius 1 is 1.28 bits per heavy atom. The lowest BCUT2D eigenvalue weighted by molar-refractivity contribution is 0.0296. The van der Waals surface area contributed by atoms with Crippen molar-refractivity contribution in [3.63, 3.8) is 0 Å². The van der Waals surface area contributed by atoms with Gasteiger partial charge in [0.15, 0.2) is 0 Å². The van der Waals surface area contributed by atoms with Crippen LogP contribution in [0.3, 0.4) is 0 Å². The molecule has 2 heterocycles. The molecule has 2 rings (SSSR count). The Kier molecular flexibility index (Phi) is 4.60. The van der Waals surface area contributed by atoms with Crippen molar-refractivity contribution >= 4 is 0 Å². The average Bonchev–Trinajstić information content (AvgIpc) is 2.63. The molecule has 2 aliphatic rings. The van der Waals surface area contributed by atoms with Crippen molar-refractivity contribution < 1.29 is 4.74 Å². The van der Waals surface area contributed by atoms with Crippen LogP contribution in [-0.4, -0.2) is 61.3 Å². The fraction of sp³-hybridized carbons (Fsp3) is 0.929.